The van der Waals surface area contributed by atoms with Crippen LogP contribution in [0.2, 0.25) is 0 Å². The van der Waals surface area contributed by atoms with Gasteiger partial charge in [-0.15, -0.1) is 0 Å². The molecule has 0 aliphatic carbocycles. The summed E-state index contributed by atoms with van der Waals surface area (Å²) >= 11 is 0. The summed E-state index contributed by atoms with van der Waals surface area (Å²) in [6, 6.07) is 7.79. The molecule has 0 unspecified atom stereocenters. The molecule has 4 nitrogen and oxygen atoms in total. The molecule has 0 aliphatic rings. The molecule has 0 radical (unpaired) electrons. The third-order valence-electron chi connectivity index (χ3n) is 3.17. The van der Waals surface area contributed by atoms with Crippen molar-refractivity contribution in [1.29, 1.82) is 0 Å². The zero-order chi connectivity index (χ0) is 15.0. The standard InChI is InChI=1S/C16H25NO3/c1-4-9-17(13(2)3)10-11-20-15-7-5-14(6-8-15)12-16(18)19/h5-8,13H,4,9-12H2,1-3H3,(H,18,19). The van der Waals surface area contributed by atoms with Gasteiger partial charge in [-0.25, -0.2) is 0 Å². The summed E-state index contributed by atoms with van der Waals surface area (Å²) in [6.07, 6.45) is 1.19. The Morgan fingerprint density at radius 1 is 1.25 bits per heavy atom. The van der Waals surface area contributed by atoms with E-state index in [2.05, 4.69) is 25.7 Å². The molecule has 4 heteroatoms. The van der Waals surface area contributed by atoms with Crippen molar-refractivity contribution < 1.29 is 14.6 Å². The van der Waals surface area contributed by atoms with Crippen molar-refractivity contribution in [2.75, 3.05) is 19.7 Å². The maximum Gasteiger partial charge on any atom is 0.307 e. The second-order valence-electron chi connectivity index (χ2n) is 5.19. The Bertz CT molecular complexity index is 401. The number of hydrogen-bond acceptors (Lipinski definition) is 3. The van der Waals surface area contributed by atoms with Crippen LogP contribution >= 0.6 is 0 Å². The van der Waals surface area contributed by atoms with E-state index in [1.54, 1.807) is 12.1 Å². The van der Waals surface area contributed by atoms with Gasteiger partial charge in [-0.05, 0) is 44.5 Å². The fourth-order valence-corrected chi connectivity index (χ4v) is 2.07. The predicted molar refractivity (Wildman–Crippen MR) is 80.3 cm³/mol. The molecule has 0 aliphatic heterocycles. The van der Waals surface area contributed by atoms with Crippen LogP contribution < -0.4 is 4.74 Å². The van der Waals surface area contributed by atoms with Gasteiger partial charge in [0.2, 0.25) is 0 Å². The average molecular weight is 279 g/mol. The largest absolute Gasteiger partial charge is 0.492 e. The van der Waals surface area contributed by atoms with E-state index < -0.39 is 5.97 Å². The molecule has 0 fully saturated rings. The number of benzene rings is 1. The van der Waals surface area contributed by atoms with Crippen LogP contribution in [0.15, 0.2) is 24.3 Å². The molecule has 0 atom stereocenters. The van der Waals surface area contributed by atoms with E-state index in [0.717, 1.165) is 30.8 Å². The number of ether oxygens (including phenoxy) is 1. The summed E-state index contributed by atoms with van der Waals surface area (Å²) < 4.78 is 5.70. The van der Waals surface area contributed by atoms with E-state index in [1.165, 1.54) is 0 Å². The SMILES string of the molecule is CCCN(CCOc1ccc(CC(=O)O)cc1)C(C)C. The zero-order valence-corrected chi connectivity index (χ0v) is 12.6. The third-order valence-corrected chi connectivity index (χ3v) is 3.17. The molecule has 112 valence electrons. The monoisotopic (exact) mass is 279 g/mol. The highest BCUT2D eigenvalue weighted by molar-refractivity contribution is 5.70. The fourth-order valence-electron chi connectivity index (χ4n) is 2.07. The molecule has 1 aromatic carbocycles. The number of carboxylic acids is 1. The van der Waals surface area contributed by atoms with E-state index in [4.69, 9.17) is 9.84 Å². The number of carbonyl (C=O) groups is 1. The number of hydrogen-bond donors (Lipinski definition) is 1. The van der Waals surface area contributed by atoms with E-state index in [-0.39, 0.29) is 6.42 Å². The van der Waals surface area contributed by atoms with Crippen LogP contribution in [-0.2, 0) is 11.2 Å². The molecular weight excluding hydrogens is 254 g/mol. The molecule has 20 heavy (non-hydrogen) atoms. The molecule has 1 N–H and O–H groups in total. The van der Waals surface area contributed by atoms with Crippen molar-refractivity contribution in [3.8, 4) is 5.75 Å². The Morgan fingerprint density at radius 2 is 1.90 bits per heavy atom. The lowest BCUT2D eigenvalue weighted by molar-refractivity contribution is -0.136. The summed E-state index contributed by atoms with van der Waals surface area (Å²) in [5.74, 6) is -0.0230. The normalized spacial score (nSPS) is 11.1. The van der Waals surface area contributed by atoms with Crippen molar-refractivity contribution >= 4 is 5.97 Å². The van der Waals surface area contributed by atoms with Crippen molar-refractivity contribution in [2.45, 2.75) is 39.7 Å². The highest BCUT2D eigenvalue weighted by Crippen LogP contribution is 2.13. The Morgan fingerprint density at radius 3 is 2.40 bits per heavy atom. The van der Waals surface area contributed by atoms with Gasteiger partial charge >= 0.3 is 5.97 Å². The Labute approximate surface area is 121 Å². The maximum atomic E-state index is 10.6. The predicted octanol–water partition coefficient (Wildman–Crippen LogP) is 2.81. The van der Waals surface area contributed by atoms with Crippen LogP contribution in [-0.4, -0.2) is 41.7 Å². The van der Waals surface area contributed by atoms with Gasteiger partial charge in [0.15, 0.2) is 0 Å². The first kappa shape index (κ1) is 16.5. The molecule has 0 aromatic heterocycles. The van der Waals surface area contributed by atoms with E-state index in [1.807, 2.05) is 12.1 Å². The third kappa shape index (κ3) is 6.06. The van der Waals surface area contributed by atoms with Crippen LogP contribution in [0.4, 0.5) is 0 Å². The van der Waals surface area contributed by atoms with Gasteiger partial charge in [0.05, 0.1) is 6.42 Å². The summed E-state index contributed by atoms with van der Waals surface area (Å²) in [7, 11) is 0. The summed E-state index contributed by atoms with van der Waals surface area (Å²) in [4.78, 5) is 13.0. The van der Waals surface area contributed by atoms with Gasteiger partial charge < -0.3 is 9.84 Å². The van der Waals surface area contributed by atoms with Crippen LogP contribution in [0.3, 0.4) is 0 Å². The van der Waals surface area contributed by atoms with Gasteiger partial charge in [0.25, 0.3) is 0 Å². The number of carboxylic acid groups (broad SMARTS) is 1. The van der Waals surface area contributed by atoms with E-state index >= 15 is 0 Å². The van der Waals surface area contributed by atoms with Crippen LogP contribution in [0, 0.1) is 0 Å². The van der Waals surface area contributed by atoms with Gasteiger partial charge in [-0.1, -0.05) is 19.1 Å². The Hall–Kier alpha value is -1.55. The molecule has 0 saturated heterocycles. The van der Waals surface area contributed by atoms with Crippen LogP contribution in [0.5, 0.6) is 5.75 Å². The zero-order valence-electron chi connectivity index (χ0n) is 12.6. The minimum absolute atomic E-state index is 0.0535. The lowest BCUT2D eigenvalue weighted by atomic mass is 10.1. The second kappa shape index (κ2) is 8.59. The number of nitrogens with zero attached hydrogens (tertiary/aromatic N) is 1. The molecule has 1 rings (SSSR count). The Balaban J connectivity index is 2.39. The van der Waals surface area contributed by atoms with E-state index in [9.17, 15) is 4.79 Å². The van der Waals surface area contributed by atoms with Crippen molar-refractivity contribution in [1.82, 2.24) is 4.90 Å². The van der Waals surface area contributed by atoms with E-state index in [0.29, 0.717) is 12.6 Å². The van der Waals surface area contributed by atoms with Crippen molar-refractivity contribution in [3.05, 3.63) is 29.8 Å². The maximum absolute atomic E-state index is 10.6. The first-order valence-electron chi connectivity index (χ1n) is 7.20. The molecule has 0 saturated carbocycles. The second-order valence-corrected chi connectivity index (χ2v) is 5.19. The highest BCUT2D eigenvalue weighted by atomic mass is 16.5. The molecule has 0 bridgehead atoms. The Kier molecular flexibility index (Phi) is 7.09. The minimum Gasteiger partial charge on any atom is -0.492 e. The molecular formula is C16H25NO3. The van der Waals surface area contributed by atoms with Crippen molar-refractivity contribution in [3.63, 3.8) is 0 Å². The van der Waals surface area contributed by atoms with Crippen molar-refractivity contribution in [2.24, 2.45) is 0 Å². The first-order chi connectivity index (χ1) is 9.52. The first-order valence-corrected chi connectivity index (χ1v) is 7.20. The molecule has 0 spiro atoms. The smallest absolute Gasteiger partial charge is 0.307 e. The highest BCUT2D eigenvalue weighted by Gasteiger charge is 2.08. The minimum atomic E-state index is -0.814. The van der Waals surface area contributed by atoms with Crippen LogP contribution in [0.1, 0.15) is 32.8 Å². The molecule has 1 aromatic rings. The lowest BCUT2D eigenvalue weighted by Crippen LogP contribution is -2.35. The lowest BCUT2D eigenvalue weighted by Gasteiger charge is -2.25. The number of rotatable bonds is 9. The van der Waals surface area contributed by atoms with Gasteiger partial charge in [0, 0.05) is 12.6 Å². The average Bonchev–Trinajstić information content (AvgIpc) is 2.39. The van der Waals surface area contributed by atoms with Gasteiger partial charge in [0.1, 0.15) is 12.4 Å². The topological polar surface area (TPSA) is 49.8 Å². The molecule has 0 amide bonds. The summed E-state index contributed by atoms with van der Waals surface area (Å²) in [5, 5.41) is 8.70. The molecule has 0 heterocycles. The quantitative estimate of drug-likeness (QED) is 0.755. The fraction of sp³-hybridized carbons (Fsp3) is 0.562. The summed E-state index contributed by atoms with van der Waals surface area (Å²) in [5.41, 5.74) is 0.791. The van der Waals surface area contributed by atoms with Crippen LogP contribution in [0.25, 0.3) is 0 Å². The number of aliphatic carboxylic acids is 1. The summed E-state index contributed by atoms with van der Waals surface area (Å²) in [6.45, 7) is 9.20. The van der Waals surface area contributed by atoms with Gasteiger partial charge in [-0.2, -0.15) is 0 Å². The van der Waals surface area contributed by atoms with Gasteiger partial charge in [-0.3, -0.25) is 9.69 Å².